The minimum atomic E-state index is -4.66. The van der Waals surface area contributed by atoms with Gasteiger partial charge in [0.1, 0.15) is 6.54 Å². The predicted octanol–water partition coefficient (Wildman–Crippen LogP) is 2.18. The Morgan fingerprint density at radius 3 is 2.74 bits per heavy atom. The second-order valence-corrected chi connectivity index (χ2v) is 5.38. The number of hydrogen-bond acceptors (Lipinski definition) is 3. The van der Waals surface area contributed by atoms with Crippen molar-refractivity contribution in [3.63, 3.8) is 0 Å². The van der Waals surface area contributed by atoms with Crippen LogP contribution in [0.3, 0.4) is 0 Å². The van der Waals surface area contributed by atoms with E-state index >= 15 is 0 Å². The predicted molar refractivity (Wildman–Crippen MR) is 76.6 cm³/mol. The first-order valence-corrected chi connectivity index (χ1v) is 7.43. The molecule has 2 rings (SSSR count). The first kappa shape index (κ1) is 17.2. The Hall–Kier alpha value is -2.12. The van der Waals surface area contributed by atoms with Crippen LogP contribution in [0, 0.1) is 0 Å². The molecule has 0 unspecified atom stereocenters. The van der Waals surface area contributed by atoms with Crippen LogP contribution in [0.5, 0.6) is 0 Å². The number of amides is 2. The largest absolute Gasteiger partial charge is 0.418 e. The summed E-state index contributed by atoms with van der Waals surface area (Å²) >= 11 is 0. The maximum Gasteiger partial charge on any atom is 0.418 e. The van der Waals surface area contributed by atoms with Gasteiger partial charge in [0.2, 0.25) is 5.91 Å². The molecule has 1 aliphatic heterocycles. The van der Waals surface area contributed by atoms with E-state index in [4.69, 9.17) is 0 Å². The van der Waals surface area contributed by atoms with Gasteiger partial charge in [-0.3, -0.25) is 14.6 Å². The van der Waals surface area contributed by atoms with E-state index in [9.17, 15) is 22.8 Å². The van der Waals surface area contributed by atoms with Crippen molar-refractivity contribution in [2.45, 2.75) is 25.9 Å². The normalized spacial score (nSPS) is 16.4. The van der Waals surface area contributed by atoms with E-state index < -0.39 is 23.2 Å². The minimum absolute atomic E-state index is 0.196. The zero-order valence-electron chi connectivity index (χ0n) is 12.8. The molecule has 0 bridgehead atoms. The van der Waals surface area contributed by atoms with Crippen molar-refractivity contribution >= 4 is 11.8 Å². The Kier molecular flexibility index (Phi) is 5.23. The van der Waals surface area contributed by atoms with E-state index in [0.717, 1.165) is 18.7 Å². The van der Waals surface area contributed by atoms with Crippen molar-refractivity contribution in [1.29, 1.82) is 0 Å². The molecule has 1 saturated heterocycles. The van der Waals surface area contributed by atoms with Gasteiger partial charge in [-0.1, -0.05) is 6.92 Å². The molecule has 1 aliphatic rings. The van der Waals surface area contributed by atoms with Crippen molar-refractivity contribution in [2.24, 2.45) is 0 Å². The van der Waals surface area contributed by atoms with Crippen LogP contribution in [0.25, 0.3) is 0 Å². The summed E-state index contributed by atoms with van der Waals surface area (Å²) in [7, 11) is 0. The Morgan fingerprint density at radius 1 is 1.35 bits per heavy atom. The second-order valence-electron chi connectivity index (χ2n) is 5.38. The number of hydrogen-bond donors (Lipinski definition) is 0. The summed E-state index contributed by atoms with van der Waals surface area (Å²) in [6.45, 7) is 3.10. The Morgan fingerprint density at radius 2 is 2.09 bits per heavy atom. The van der Waals surface area contributed by atoms with Gasteiger partial charge in [-0.15, -0.1) is 0 Å². The number of pyridine rings is 1. The summed E-state index contributed by atoms with van der Waals surface area (Å²) in [5.41, 5.74) is -1.55. The lowest BCUT2D eigenvalue weighted by Gasteiger charge is -2.22. The number of alkyl halides is 3. The molecule has 0 radical (unpaired) electrons. The molecule has 0 aromatic carbocycles. The molecule has 0 saturated carbocycles. The number of carbonyl (C=O) groups is 2. The average Bonchev–Trinajstić information content (AvgIpc) is 2.68. The van der Waals surface area contributed by atoms with Gasteiger partial charge in [-0.25, -0.2) is 0 Å². The van der Waals surface area contributed by atoms with Gasteiger partial charge in [-0.2, -0.15) is 13.2 Å². The lowest BCUT2D eigenvalue weighted by molar-refractivity contribution is -0.138. The van der Waals surface area contributed by atoms with Crippen molar-refractivity contribution in [1.82, 2.24) is 14.8 Å². The zero-order chi connectivity index (χ0) is 17.0. The van der Waals surface area contributed by atoms with Gasteiger partial charge >= 0.3 is 6.18 Å². The molecule has 8 heteroatoms. The fraction of sp³-hybridized carbons (Fsp3) is 0.533. The number of carbonyl (C=O) groups excluding carboxylic acids is 2. The van der Waals surface area contributed by atoms with Gasteiger partial charge in [-0.05, 0) is 18.9 Å². The maximum absolute atomic E-state index is 13.0. The van der Waals surface area contributed by atoms with Crippen LogP contribution in [0.4, 0.5) is 13.2 Å². The van der Waals surface area contributed by atoms with Gasteiger partial charge < -0.3 is 9.80 Å². The summed E-state index contributed by atoms with van der Waals surface area (Å²) in [5.74, 6) is -1.02. The van der Waals surface area contributed by atoms with Gasteiger partial charge in [0.25, 0.3) is 5.91 Å². The summed E-state index contributed by atoms with van der Waals surface area (Å²) in [4.78, 5) is 30.9. The first-order chi connectivity index (χ1) is 10.8. The molecule has 2 heterocycles. The summed E-state index contributed by atoms with van der Waals surface area (Å²) in [5, 5.41) is 0. The van der Waals surface area contributed by atoms with Crippen molar-refractivity contribution < 1.29 is 22.8 Å². The first-order valence-electron chi connectivity index (χ1n) is 7.43. The molecule has 0 aliphatic carbocycles. The molecule has 0 spiro atoms. The monoisotopic (exact) mass is 329 g/mol. The summed E-state index contributed by atoms with van der Waals surface area (Å²) < 4.78 is 39.0. The van der Waals surface area contributed by atoms with E-state index in [1.54, 1.807) is 4.90 Å². The number of aromatic nitrogens is 1. The van der Waals surface area contributed by atoms with E-state index in [0.29, 0.717) is 25.7 Å². The zero-order valence-corrected chi connectivity index (χ0v) is 12.8. The summed E-state index contributed by atoms with van der Waals surface area (Å²) in [6, 6.07) is 1.05. The van der Waals surface area contributed by atoms with Gasteiger partial charge in [0.05, 0.1) is 11.1 Å². The molecule has 23 heavy (non-hydrogen) atoms. The van der Waals surface area contributed by atoms with Crippen molar-refractivity contribution in [2.75, 3.05) is 26.2 Å². The molecule has 1 aromatic heterocycles. The third kappa shape index (κ3) is 4.00. The van der Waals surface area contributed by atoms with Crippen molar-refractivity contribution in [3.05, 3.63) is 29.6 Å². The Bertz CT molecular complexity index is 590. The standard InChI is InChI=1S/C15H18F3N3O2/c1-2-6-20-7-3-8-21(10-13(20)22)14(23)11-4-5-19-9-12(11)15(16,17)18/h4-5,9H,2-3,6-8,10H2,1H3. The highest BCUT2D eigenvalue weighted by atomic mass is 19.4. The lowest BCUT2D eigenvalue weighted by Crippen LogP contribution is -2.40. The topological polar surface area (TPSA) is 53.5 Å². The van der Waals surface area contributed by atoms with E-state index in [-0.39, 0.29) is 19.0 Å². The highest BCUT2D eigenvalue weighted by Crippen LogP contribution is 2.31. The molecule has 5 nitrogen and oxygen atoms in total. The van der Waals surface area contributed by atoms with Crippen LogP contribution in [-0.4, -0.2) is 52.8 Å². The smallest absolute Gasteiger partial charge is 0.341 e. The molecule has 126 valence electrons. The highest BCUT2D eigenvalue weighted by molar-refractivity contribution is 5.98. The molecule has 2 amide bonds. The molecular formula is C15H18F3N3O2. The Labute approximate surface area is 132 Å². The minimum Gasteiger partial charge on any atom is -0.341 e. The van der Waals surface area contributed by atoms with Gasteiger partial charge in [0.15, 0.2) is 0 Å². The summed E-state index contributed by atoms with van der Waals surface area (Å²) in [6.07, 6.45) is -1.54. The number of nitrogens with zero attached hydrogens (tertiary/aromatic N) is 3. The SMILES string of the molecule is CCCN1CCCN(C(=O)c2ccncc2C(F)(F)F)CC1=O. The Balaban J connectivity index is 2.23. The molecule has 1 fully saturated rings. The van der Waals surface area contributed by atoms with Crippen LogP contribution < -0.4 is 0 Å². The highest BCUT2D eigenvalue weighted by Gasteiger charge is 2.37. The fourth-order valence-corrected chi connectivity index (χ4v) is 2.58. The van der Waals surface area contributed by atoms with Crippen molar-refractivity contribution in [3.8, 4) is 0 Å². The maximum atomic E-state index is 13.0. The molecule has 0 N–H and O–H groups in total. The van der Waals surface area contributed by atoms with E-state index in [1.165, 1.54) is 4.90 Å². The van der Waals surface area contributed by atoms with Gasteiger partial charge in [0, 0.05) is 32.0 Å². The number of rotatable bonds is 3. The molecule has 1 aromatic rings. The fourth-order valence-electron chi connectivity index (χ4n) is 2.58. The number of halogens is 3. The van der Waals surface area contributed by atoms with E-state index in [2.05, 4.69) is 4.98 Å². The van der Waals surface area contributed by atoms with Crippen LogP contribution in [0.1, 0.15) is 35.7 Å². The third-order valence-electron chi connectivity index (χ3n) is 3.67. The van der Waals surface area contributed by atoms with E-state index in [1.807, 2.05) is 6.92 Å². The lowest BCUT2D eigenvalue weighted by atomic mass is 10.1. The average molecular weight is 329 g/mol. The third-order valence-corrected chi connectivity index (χ3v) is 3.67. The molecule has 0 atom stereocenters. The van der Waals surface area contributed by atoms with Crippen LogP contribution >= 0.6 is 0 Å². The van der Waals surface area contributed by atoms with Crippen LogP contribution in [0.15, 0.2) is 18.5 Å². The van der Waals surface area contributed by atoms with Crippen LogP contribution in [-0.2, 0) is 11.0 Å². The second kappa shape index (κ2) is 6.97. The quantitative estimate of drug-likeness (QED) is 0.854. The molecular weight excluding hydrogens is 311 g/mol. The van der Waals surface area contributed by atoms with Crippen LogP contribution in [0.2, 0.25) is 0 Å².